The number of esters is 1. The maximum absolute atomic E-state index is 9.84. The molecule has 0 aromatic heterocycles. The van der Waals surface area contributed by atoms with Gasteiger partial charge in [-0.05, 0) is 31.4 Å². The number of nitrogens with zero attached hydrogens (tertiary/aromatic N) is 1. The number of carbonyl (C=O) groups excluding carboxylic acids is 1. The van der Waals surface area contributed by atoms with Gasteiger partial charge >= 0.3 is 5.97 Å². The molecule has 18 heavy (non-hydrogen) atoms. The van der Waals surface area contributed by atoms with Crippen molar-refractivity contribution >= 4 is 11.7 Å². The highest BCUT2D eigenvalue weighted by atomic mass is 16.5. The third-order valence-electron chi connectivity index (χ3n) is 2.85. The summed E-state index contributed by atoms with van der Waals surface area (Å²) in [4.78, 5) is 12.3. The Balaban J connectivity index is 0.000000232. The largest absolute Gasteiger partial charge is 0.466 e. The number of anilines is 1. The maximum Gasteiger partial charge on any atom is 0.329 e. The highest BCUT2D eigenvalue weighted by molar-refractivity contribution is 5.80. The van der Waals surface area contributed by atoms with E-state index in [-0.39, 0.29) is 0 Å². The van der Waals surface area contributed by atoms with Crippen LogP contribution in [0.5, 0.6) is 0 Å². The van der Waals surface area contributed by atoms with Crippen LogP contribution in [-0.2, 0) is 9.53 Å². The first kappa shape index (κ1) is 14.3. The van der Waals surface area contributed by atoms with Gasteiger partial charge in [0.1, 0.15) is 0 Å². The number of piperidine rings is 1. The molecule has 1 aromatic rings. The van der Waals surface area contributed by atoms with Crippen molar-refractivity contribution in [2.75, 3.05) is 25.1 Å². The second-order valence-corrected chi connectivity index (χ2v) is 4.11. The van der Waals surface area contributed by atoms with E-state index in [0.717, 1.165) is 6.08 Å². The van der Waals surface area contributed by atoms with Crippen molar-refractivity contribution in [1.82, 2.24) is 0 Å². The summed E-state index contributed by atoms with van der Waals surface area (Å²) < 4.78 is 4.14. The van der Waals surface area contributed by atoms with Gasteiger partial charge in [0.15, 0.2) is 0 Å². The number of benzene rings is 1. The van der Waals surface area contributed by atoms with E-state index >= 15 is 0 Å². The molecule has 3 nitrogen and oxygen atoms in total. The zero-order chi connectivity index (χ0) is 13.2. The molecule has 1 aliphatic heterocycles. The van der Waals surface area contributed by atoms with E-state index in [9.17, 15) is 4.79 Å². The fraction of sp³-hybridized carbons (Fsp3) is 0.400. The molecular weight excluding hydrogens is 226 g/mol. The van der Waals surface area contributed by atoms with Gasteiger partial charge in [0.25, 0.3) is 0 Å². The first-order chi connectivity index (χ1) is 8.77. The molecule has 0 aliphatic carbocycles. The van der Waals surface area contributed by atoms with Crippen molar-refractivity contribution in [3.63, 3.8) is 0 Å². The van der Waals surface area contributed by atoms with E-state index in [0.29, 0.717) is 0 Å². The number of para-hydroxylation sites is 1. The van der Waals surface area contributed by atoms with E-state index < -0.39 is 5.97 Å². The van der Waals surface area contributed by atoms with Crippen molar-refractivity contribution < 1.29 is 9.53 Å². The zero-order valence-electron chi connectivity index (χ0n) is 11.0. The SMILES string of the molecule is C=CC(=O)OC.c1ccc(N2CCCCC2)cc1. The van der Waals surface area contributed by atoms with E-state index in [1.807, 2.05) is 0 Å². The Hall–Kier alpha value is -1.77. The number of ether oxygens (including phenoxy) is 1. The maximum atomic E-state index is 9.84. The topological polar surface area (TPSA) is 29.5 Å². The fourth-order valence-electron chi connectivity index (χ4n) is 1.87. The lowest BCUT2D eigenvalue weighted by atomic mass is 10.1. The fourth-order valence-corrected chi connectivity index (χ4v) is 1.87. The molecule has 2 rings (SSSR count). The number of hydrogen-bond donors (Lipinski definition) is 0. The van der Waals surface area contributed by atoms with Crippen LogP contribution in [0.1, 0.15) is 19.3 Å². The first-order valence-corrected chi connectivity index (χ1v) is 6.28. The second-order valence-electron chi connectivity index (χ2n) is 4.11. The summed E-state index contributed by atoms with van der Waals surface area (Å²) in [5.74, 6) is -0.394. The van der Waals surface area contributed by atoms with Crippen molar-refractivity contribution in [3.8, 4) is 0 Å². The summed E-state index contributed by atoms with van der Waals surface area (Å²) in [6.07, 6.45) is 5.23. The molecule has 3 heteroatoms. The van der Waals surface area contributed by atoms with E-state index in [1.165, 1.54) is 45.1 Å². The number of carbonyl (C=O) groups is 1. The van der Waals surface area contributed by atoms with Crippen LogP contribution in [0.3, 0.4) is 0 Å². The average Bonchev–Trinajstić information content (AvgIpc) is 2.49. The van der Waals surface area contributed by atoms with Crippen molar-refractivity contribution in [2.24, 2.45) is 0 Å². The normalized spacial score (nSPS) is 14.2. The lowest BCUT2D eigenvalue weighted by Gasteiger charge is -2.28. The second kappa shape index (κ2) is 8.34. The van der Waals surface area contributed by atoms with Gasteiger partial charge in [0, 0.05) is 24.9 Å². The van der Waals surface area contributed by atoms with E-state index in [2.05, 4.69) is 46.5 Å². The smallest absolute Gasteiger partial charge is 0.329 e. The minimum atomic E-state index is -0.394. The molecule has 0 radical (unpaired) electrons. The summed E-state index contributed by atoms with van der Waals surface area (Å²) in [5.41, 5.74) is 1.39. The molecule has 1 aromatic carbocycles. The van der Waals surface area contributed by atoms with E-state index in [4.69, 9.17) is 0 Å². The van der Waals surface area contributed by atoms with Gasteiger partial charge in [-0.3, -0.25) is 0 Å². The Morgan fingerprint density at radius 1 is 1.22 bits per heavy atom. The molecule has 1 fully saturated rings. The standard InChI is InChI=1S/C11H15N.C4H6O2/c1-3-7-11(8-4-1)12-9-5-2-6-10-12;1-3-4(5)6-2/h1,3-4,7-8H,2,5-6,9-10H2;3H,1H2,2H3. The quantitative estimate of drug-likeness (QED) is 0.594. The van der Waals surface area contributed by atoms with Gasteiger partial charge in [-0.1, -0.05) is 24.8 Å². The van der Waals surface area contributed by atoms with Gasteiger partial charge in [-0.15, -0.1) is 0 Å². The summed E-state index contributed by atoms with van der Waals surface area (Å²) in [6, 6.07) is 10.7. The minimum absolute atomic E-state index is 0.394. The van der Waals surface area contributed by atoms with Gasteiger partial charge in [0.05, 0.1) is 7.11 Å². The van der Waals surface area contributed by atoms with Crippen LogP contribution in [0.4, 0.5) is 5.69 Å². The minimum Gasteiger partial charge on any atom is -0.466 e. The Labute approximate surface area is 109 Å². The molecule has 0 amide bonds. The van der Waals surface area contributed by atoms with E-state index in [1.54, 1.807) is 0 Å². The predicted molar refractivity (Wildman–Crippen MR) is 74.7 cm³/mol. The Morgan fingerprint density at radius 2 is 1.83 bits per heavy atom. The summed E-state index contributed by atoms with van der Waals surface area (Å²) in [5, 5.41) is 0. The molecule has 0 bridgehead atoms. The molecule has 1 aliphatic rings. The summed E-state index contributed by atoms with van der Waals surface area (Å²) in [7, 11) is 1.31. The van der Waals surface area contributed by atoms with Crippen molar-refractivity contribution in [3.05, 3.63) is 43.0 Å². The van der Waals surface area contributed by atoms with Crippen LogP contribution < -0.4 is 4.90 Å². The zero-order valence-corrected chi connectivity index (χ0v) is 11.0. The Morgan fingerprint density at radius 3 is 2.28 bits per heavy atom. The highest BCUT2D eigenvalue weighted by Crippen LogP contribution is 2.18. The Kier molecular flexibility index (Phi) is 6.62. The van der Waals surface area contributed by atoms with Gasteiger partial charge in [-0.25, -0.2) is 4.79 Å². The van der Waals surface area contributed by atoms with Gasteiger partial charge in [0.2, 0.25) is 0 Å². The average molecular weight is 247 g/mol. The number of hydrogen-bond acceptors (Lipinski definition) is 3. The molecule has 98 valence electrons. The van der Waals surface area contributed by atoms with Crippen LogP contribution in [0.25, 0.3) is 0 Å². The monoisotopic (exact) mass is 247 g/mol. The van der Waals surface area contributed by atoms with Gasteiger partial charge in [-0.2, -0.15) is 0 Å². The molecule has 0 atom stereocenters. The lowest BCUT2D eigenvalue weighted by Crippen LogP contribution is -2.29. The predicted octanol–water partition coefficient (Wildman–Crippen LogP) is 3.02. The summed E-state index contributed by atoms with van der Waals surface area (Å²) >= 11 is 0. The molecule has 0 saturated carbocycles. The molecule has 1 saturated heterocycles. The molecule has 0 N–H and O–H groups in total. The molecular formula is C15H21NO2. The van der Waals surface area contributed by atoms with Crippen LogP contribution in [0.2, 0.25) is 0 Å². The lowest BCUT2D eigenvalue weighted by molar-refractivity contribution is -0.134. The van der Waals surface area contributed by atoms with Crippen LogP contribution >= 0.6 is 0 Å². The number of rotatable bonds is 2. The van der Waals surface area contributed by atoms with Crippen LogP contribution in [0.15, 0.2) is 43.0 Å². The van der Waals surface area contributed by atoms with Crippen molar-refractivity contribution in [2.45, 2.75) is 19.3 Å². The third-order valence-corrected chi connectivity index (χ3v) is 2.85. The summed E-state index contributed by atoms with van der Waals surface area (Å²) in [6.45, 7) is 5.64. The number of methoxy groups -OCH3 is 1. The van der Waals surface area contributed by atoms with Crippen LogP contribution in [0, 0.1) is 0 Å². The van der Waals surface area contributed by atoms with Crippen molar-refractivity contribution in [1.29, 1.82) is 0 Å². The molecule has 0 unspecified atom stereocenters. The molecule has 0 spiro atoms. The van der Waals surface area contributed by atoms with Crippen LogP contribution in [-0.4, -0.2) is 26.2 Å². The third kappa shape index (κ3) is 5.04. The Bertz CT molecular complexity index is 356. The first-order valence-electron chi connectivity index (χ1n) is 6.28. The highest BCUT2D eigenvalue weighted by Gasteiger charge is 2.09. The van der Waals surface area contributed by atoms with Gasteiger partial charge < -0.3 is 9.64 Å². The molecule has 1 heterocycles.